The Balaban J connectivity index is 1.93. The molecule has 1 aliphatic carbocycles. The van der Waals surface area contributed by atoms with Crippen molar-refractivity contribution < 1.29 is 9.53 Å². The number of urea groups is 1. The molecule has 1 fully saturated rings. The van der Waals surface area contributed by atoms with Crippen molar-refractivity contribution in [3.63, 3.8) is 0 Å². The second kappa shape index (κ2) is 5.95. The Kier molecular flexibility index (Phi) is 4.30. The van der Waals surface area contributed by atoms with Gasteiger partial charge in [0.25, 0.3) is 0 Å². The van der Waals surface area contributed by atoms with E-state index in [1.54, 1.807) is 0 Å². The van der Waals surface area contributed by atoms with E-state index in [1.165, 1.54) is 0 Å². The zero-order valence-electron chi connectivity index (χ0n) is 11.8. The molecular formula is C15H22N2O2. The van der Waals surface area contributed by atoms with E-state index in [-0.39, 0.29) is 18.2 Å². The molecule has 19 heavy (non-hydrogen) atoms. The first-order chi connectivity index (χ1) is 9.04. The van der Waals surface area contributed by atoms with Crippen LogP contribution in [0.4, 0.5) is 4.79 Å². The first-order valence-corrected chi connectivity index (χ1v) is 6.88. The minimum Gasteiger partial charge on any atom is -0.491 e. The number of hydrogen-bond acceptors (Lipinski definition) is 2. The molecule has 0 aromatic heterocycles. The van der Waals surface area contributed by atoms with Crippen LogP contribution < -0.4 is 15.4 Å². The zero-order valence-corrected chi connectivity index (χ0v) is 11.8. The Morgan fingerprint density at radius 2 is 2.05 bits per heavy atom. The van der Waals surface area contributed by atoms with Crippen molar-refractivity contribution in [1.29, 1.82) is 0 Å². The summed E-state index contributed by atoms with van der Waals surface area (Å²) in [5.74, 6) is 0.837. The number of benzene rings is 1. The van der Waals surface area contributed by atoms with E-state index >= 15 is 0 Å². The molecule has 1 aliphatic rings. The predicted molar refractivity (Wildman–Crippen MR) is 75.3 cm³/mol. The summed E-state index contributed by atoms with van der Waals surface area (Å²) in [6.07, 6.45) is 2.34. The fraction of sp³-hybridized carbons (Fsp3) is 0.533. The van der Waals surface area contributed by atoms with Gasteiger partial charge in [0.2, 0.25) is 0 Å². The standard InChI is InChI=1S/C15H22N2O2/c1-10(2)19-14-6-4-5-12(9-14)11(3)16-15(18)17-13-7-8-13/h4-6,9-11,13H,7-8H2,1-3H3,(H2,16,17,18). The molecule has 4 heteroatoms. The van der Waals surface area contributed by atoms with Gasteiger partial charge in [0, 0.05) is 6.04 Å². The van der Waals surface area contributed by atoms with Crippen molar-refractivity contribution in [1.82, 2.24) is 10.6 Å². The van der Waals surface area contributed by atoms with Crippen LogP contribution in [0.2, 0.25) is 0 Å². The van der Waals surface area contributed by atoms with Gasteiger partial charge in [-0.05, 0) is 51.3 Å². The molecule has 2 amide bonds. The molecule has 1 aromatic carbocycles. The maximum Gasteiger partial charge on any atom is 0.315 e. The normalized spacial score (nSPS) is 16.0. The fourth-order valence-electron chi connectivity index (χ4n) is 1.86. The van der Waals surface area contributed by atoms with Gasteiger partial charge in [0.1, 0.15) is 5.75 Å². The average Bonchev–Trinajstić information content (AvgIpc) is 3.12. The minimum atomic E-state index is -0.0924. The smallest absolute Gasteiger partial charge is 0.315 e. The molecule has 1 saturated carbocycles. The number of carbonyl (C=O) groups is 1. The summed E-state index contributed by atoms with van der Waals surface area (Å²) in [4.78, 5) is 11.7. The van der Waals surface area contributed by atoms with Gasteiger partial charge in [-0.25, -0.2) is 4.79 Å². The summed E-state index contributed by atoms with van der Waals surface area (Å²) in [5, 5.41) is 5.86. The number of ether oxygens (including phenoxy) is 1. The van der Waals surface area contributed by atoms with Crippen LogP contribution in [0.15, 0.2) is 24.3 Å². The van der Waals surface area contributed by atoms with Crippen molar-refractivity contribution in [3.05, 3.63) is 29.8 Å². The van der Waals surface area contributed by atoms with Crippen LogP contribution in [0.5, 0.6) is 5.75 Å². The molecule has 0 saturated heterocycles. The zero-order chi connectivity index (χ0) is 13.8. The molecule has 0 spiro atoms. The Morgan fingerprint density at radius 3 is 2.68 bits per heavy atom. The molecule has 0 aliphatic heterocycles. The summed E-state index contributed by atoms with van der Waals surface area (Å²) >= 11 is 0. The second-order valence-corrected chi connectivity index (χ2v) is 5.35. The second-order valence-electron chi connectivity index (χ2n) is 5.35. The minimum absolute atomic E-state index is 0.0329. The van der Waals surface area contributed by atoms with Crippen molar-refractivity contribution in [2.45, 2.75) is 51.8 Å². The molecule has 1 unspecified atom stereocenters. The van der Waals surface area contributed by atoms with Crippen LogP contribution in [-0.4, -0.2) is 18.2 Å². The van der Waals surface area contributed by atoms with Gasteiger partial charge >= 0.3 is 6.03 Å². The van der Waals surface area contributed by atoms with Crippen LogP contribution in [0.3, 0.4) is 0 Å². The Morgan fingerprint density at radius 1 is 1.32 bits per heavy atom. The molecule has 4 nitrogen and oxygen atoms in total. The van der Waals surface area contributed by atoms with E-state index in [0.717, 1.165) is 24.2 Å². The van der Waals surface area contributed by atoms with Crippen molar-refractivity contribution in [3.8, 4) is 5.75 Å². The first-order valence-electron chi connectivity index (χ1n) is 6.88. The highest BCUT2D eigenvalue weighted by Gasteiger charge is 2.23. The van der Waals surface area contributed by atoms with Crippen LogP contribution in [0.25, 0.3) is 0 Å². The lowest BCUT2D eigenvalue weighted by Crippen LogP contribution is -2.38. The van der Waals surface area contributed by atoms with E-state index in [2.05, 4.69) is 10.6 Å². The maximum absolute atomic E-state index is 11.7. The third kappa shape index (κ3) is 4.47. The summed E-state index contributed by atoms with van der Waals surface area (Å²) in [6, 6.07) is 8.10. The molecule has 1 atom stereocenters. The summed E-state index contributed by atoms with van der Waals surface area (Å²) in [7, 11) is 0. The topological polar surface area (TPSA) is 50.4 Å². The number of hydrogen-bond donors (Lipinski definition) is 2. The number of rotatable bonds is 5. The Bertz CT molecular complexity index is 442. The fourth-order valence-corrected chi connectivity index (χ4v) is 1.86. The molecule has 0 bridgehead atoms. The van der Waals surface area contributed by atoms with Crippen LogP contribution in [-0.2, 0) is 0 Å². The molecule has 2 N–H and O–H groups in total. The van der Waals surface area contributed by atoms with Gasteiger partial charge in [0.15, 0.2) is 0 Å². The lowest BCUT2D eigenvalue weighted by molar-refractivity contribution is 0.236. The maximum atomic E-state index is 11.7. The van der Waals surface area contributed by atoms with E-state index in [1.807, 2.05) is 45.0 Å². The van der Waals surface area contributed by atoms with E-state index in [9.17, 15) is 4.79 Å². The molecule has 0 heterocycles. The first kappa shape index (κ1) is 13.7. The van der Waals surface area contributed by atoms with Gasteiger partial charge in [0.05, 0.1) is 12.1 Å². The average molecular weight is 262 g/mol. The van der Waals surface area contributed by atoms with Crippen LogP contribution in [0, 0.1) is 0 Å². The van der Waals surface area contributed by atoms with Gasteiger partial charge in [-0.15, -0.1) is 0 Å². The molecular weight excluding hydrogens is 240 g/mol. The molecule has 1 aromatic rings. The SMILES string of the molecule is CC(C)Oc1cccc(C(C)NC(=O)NC2CC2)c1. The molecule has 2 rings (SSSR count). The van der Waals surface area contributed by atoms with Crippen molar-refractivity contribution in [2.75, 3.05) is 0 Å². The van der Waals surface area contributed by atoms with Crippen LogP contribution >= 0.6 is 0 Å². The summed E-state index contributed by atoms with van der Waals surface area (Å²) in [5.41, 5.74) is 1.05. The highest BCUT2D eigenvalue weighted by molar-refractivity contribution is 5.75. The van der Waals surface area contributed by atoms with E-state index < -0.39 is 0 Å². The lowest BCUT2D eigenvalue weighted by Gasteiger charge is -2.17. The van der Waals surface area contributed by atoms with E-state index in [4.69, 9.17) is 4.74 Å². The van der Waals surface area contributed by atoms with E-state index in [0.29, 0.717) is 6.04 Å². The van der Waals surface area contributed by atoms with Crippen molar-refractivity contribution in [2.24, 2.45) is 0 Å². The lowest BCUT2D eigenvalue weighted by atomic mass is 10.1. The molecule has 104 valence electrons. The number of nitrogens with one attached hydrogen (secondary N) is 2. The molecule has 0 radical (unpaired) electrons. The largest absolute Gasteiger partial charge is 0.491 e. The monoisotopic (exact) mass is 262 g/mol. The third-order valence-corrected chi connectivity index (χ3v) is 2.99. The summed E-state index contributed by atoms with van der Waals surface area (Å²) in [6.45, 7) is 5.97. The third-order valence-electron chi connectivity index (χ3n) is 2.99. The highest BCUT2D eigenvalue weighted by atomic mass is 16.5. The number of carbonyl (C=O) groups excluding carboxylic acids is 1. The van der Waals surface area contributed by atoms with Gasteiger partial charge in [-0.3, -0.25) is 0 Å². The van der Waals surface area contributed by atoms with Crippen molar-refractivity contribution >= 4 is 6.03 Å². The van der Waals surface area contributed by atoms with Gasteiger partial charge in [-0.2, -0.15) is 0 Å². The van der Waals surface area contributed by atoms with Gasteiger partial charge in [-0.1, -0.05) is 12.1 Å². The predicted octanol–water partition coefficient (Wildman–Crippen LogP) is 3.00. The Hall–Kier alpha value is -1.71. The highest BCUT2D eigenvalue weighted by Crippen LogP contribution is 2.21. The Labute approximate surface area is 114 Å². The summed E-state index contributed by atoms with van der Waals surface area (Å²) < 4.78 is 5.66. The van der Waals surface area contributed by atoms with Crippen LogP contribution in [0.1, 0.15) is 45.2 Å². The number of amides is 2. The van der Waals surface area contributed by atoms with Gasteiger partial charge < -0.3 is 15.4 Å². The quantitative estimate of drug-likeness (QED) is 0.857.